The third kappa shape index (κ3) is 1.42. The number of rotatable bonds is 0. The van der Waals surface area contributed by atoms with Crippen molar-refractivity contribution in [3.63, 3.8) is 0 Å². The fraction of sp³-hybridized carbons (Fsp3) is 0.765. The van der Waals surface area contributed by atoms with Gasteiger partial charge >= 0.3 is 0 Å². The average molecular weight is 228 g/mol. The molecule has 0 heterocycles. The minimum atomic E-state index is 0.810. The van der Waals surface area contributed by atoms with Crippen molar-refractivity contribution in [2.45, 2.75) is 46.0 Å². The van der Waals surface area contributed by atoms with Crippen LogP contribution in [0.25, 0.3) is 0 Å². The van der Waals surface area contributed by atoms with Gasteiger partial charge in [-0.3, -0.25) is 0 Å². The monoisotopic (exact) mass is 228 g/mol. The summed E-state index contributed by atoms with van der Waals surface area (Å²) in [5, 5.41) is 0. The fourth-order valence-electron chi connectivity index (χ4n) is 5.33. The molecule has 2 fully saturated rings. The zero-order valence-corrected chi connectivity index (χ0v) is 11.2. The molecular weight excluding hydrogens is 204 g/mol. The maximum absolute atomic E-state index is 2.61. The molecule has 0 aliphatic heterocycles. The zero-order valence-electron chi connectivity index (χ0n) is 11.2. The van der Waals surface area contributed by atoms with Gasteiger partial charge in [-0.15, -0.1) is 0 Å². The third-order valence-corrected chi connectivity index (χ3v) is 6.13. The maximum Gasteiger partial charge on any atom is -0.0131 e. The van der Waals surface area contributed by atoms with Crippen molar-refractivity contribution in [2.75, 3.05) is 0 Å². The number of fused-ring (bicyclic) bond motifs is 5. The van der Waals surface area contributed by atoms with Crippen molar-refractivity contribution in [1.29, 1.82) is 0 Å². The molecule has 0 aromatic carbocycles. The Morgan fingerprint density at radius 1 is 1.06 bits per heavy atom. The summed E-state index contributed by atoms with van der Waals surface area (Å²) in [6.45, 7) is 4.89. The SMILES string of the molecule is CC1C2CCC3C4=C[C@H](C)CC4=CCCC3C12. The Kier molecular flexibility index (Phi) is 2.14. The van der Waals surface area contributed by atoms with Gasteiger partial charge in [-0.25, -0.2) is 0 Å². The van der Waals surface area contributed by atoms with E-state index in [1.165, 1.54) is 32.1 Å². The number of hydrogen-bond acceptors (Lipinski definition) is 0. The second kappa shape index (κ2) is 3.49. The normalized spacial score (nSPS) is 51.6. The van der Waals surface area contributed by atoms with Gasteiger partial charge in [0.15, 0.2) is 0 Å². The molecule has 92 valence electrons. The smallest absolute Gasteiger partial charge is 0.0131 e. The van der Waals surface area contributed by atoms with Crippen LogP contribution in [0.1, 0.15) is 46.0 Å². The first-order valence-corrected chi connectivity index (χ1v) is 7.67. The van der Waals surface area contributed by atoms with Crippen LogP contribution < -0.4 is 0 Å². The topological polar surface area (TPSA) is 0 Å². The maximum atomic E-state index is 2.61. The van der Waals surface area contributed by atoms with Gasteiger partial charge in [-0.2, -0.15) is 0 Å². The minimum absolute atomic E-state index is 0.810. The van der Waals surface area contributed by atoms with E-state index in [1.54, 1.807) is 11.1 Å². The van der Waals surface area contributed by atoms with Crippen LogP contribution in [0.15, 0.2) is 23.3 Å². The Hall–Kier alpha value is -0.520. The van der Waals surface area contributed by atoms with Crippen LogP contribution in [0.4, 0.5) is 0 Å². The molecule has 0 N–H and O–H groups in total. The van der Waals surface area contributed by atoms with Crippen LogP contribution in [0.5, 0.6) is 0 Å². The third-order valence-electron chi connectivity index (χ3n) is 6.13. The molecular formula is C17H24. The Labute approximate surface area is 105 Å². The van der Waals surface area contributed by atoms with Crippen LogP contribution in [0.2, 0.25) is 0 Å². The van der Waals surface area contributed by atoms with Crippen molar-refractivity contribution in [2.24, 2.45) is 35.5 Å². The van der Waals surface area contributed by atoms with E-state index in [2.05, 4.69) is 26.0 Å². The average Bonchev–Trinajstić information content (AvgIpc) is 2.87. The van der Waals surface area contributed by atoms with Crippen LogP contribution in [0.3, 0.4) is 0 Å². The summed E-state index contributed by atoms with van der Waals surface area (Å²) >= 11 is 0. The lowest BCUT2D eigenvalue weighted by Crippen LogP contribution is -2.23. The van der Waals surface area contributed by atoms with Gasteiger partial charge < -0.3 is 0 Å². The molecule has 0 spiro atoms. The molecule has 0 radical (unpaired) electrons. The fourth-order valence-corrected chi connectivity index (χ4v) is 5.33. The molecule has 0 nitrogen and oxygen atoms in total. The Balaban J connectivity index is 1.69. The minimum Gasteiger partial charge on any atom is -0.0810 e. The molecule has 0 bridgehead atoms. The van der Waals surface area contributed by atoms with Crippen molar-refractivity contribution in [1.82, 2.24) is 0 Å². The van der Waals surface area contributed by atoms with Gasteiger partial charge in [0.2, 0.25) is 0 Å². The van der Waals surface area contributed by atoms with Crippen molar-refractivity contribution in [3.05, 3.63) is 23.3 Å². The van der Waals surface area contributed by atoms with E-state index in [-0.39, 0.29) is 0 Å². The lowest BCUT2D eigenvalue weighted by atomic mass is 9.73. The molecule has 4 aliphatic carbocycles. The van der Waals surface area contributed by atoms with Crippen LogP contribution in [-0.4, -0.2) is 0 Å². The summed E-state index contributed by atoms with van der Waals surface area (Å²) < 4.78 is 0. The van der Waals surface area contributed by atoms with Gasteiger partial charge in [-0.05, 0) is 78.8 Å². The number of hydrogen-bond donors (Lipinski definition) is 0. The highest BCUT2D eigenvalue weighted by Crippen LogP contribution is 2.63. The van der Waals surface area contributed by atoms with E-state index >= 15 is 0 Å². The quantitative estimate of drug-likeness (QED) is 0.569. The standard InChI is InChI=1S/C17H24/c1-10-8-12-4-3-5-15-14(16(12)9-10)7-6-13-11(2)17(13)15/h4,9-11,13-15,17H,3,5-8H2,1-2H3/t10-,11?,13?,14?,15?,17?/m1/s1. The lowest BCUT2D eigenvalue weighted by molar-refractivity contribution is 0.244. The van der Waals surface area contributed by atoms with Gasteiger partial charge in [0.05, 0.1) is 0 Å². The van der Waals surface area contributed by atoms with Crippen molar-refractivity contribution >= 4 is 0 Å². The predicted octanol–water partition coefficient (Wildman–Crippen LogP) is 4.58. The second-order valence-electron chi connectivity index (χ2n) is 7.06. The first kappa shape index (κ1) is 10.4. The summed E-state index contributed by atoms with van der Waals surface area (Å²) in [5.74, 6) is 6.04. The highest BCUT2D eigenvalue weighted by molar-refractivity contribution is 5.41. The van der Waals surface area contributed by atoms with E-state index in [1.807, 2.05) is 0 Å². The largest absolute Gasteiger partial charge is 0.0810 e. The molecule has 0 aromatic rings. The second-order valence-corrected chi connectivity index (χ2v) is 7.06. The van der Waals surface area contributed by atoms with Crippen molar-refractivity contribution < 1.29 is 0 Å². The molecule has 0 heteroatoms. The highest BCUT2D eigenvalue weighted by Gasteiger charge is 2.56. The summed E-state index contributed by atoms with van der Waals surface area (Å²) in [5.41, 5.74) is 3.52. The first-order chi connectivity index (χ1) is 8.25. The van der Waals surface area contributed by atoms with E-state index in [0.29, 0.717) is 0 Å². The van der Waals surface area contributed by atoms with Crippen LogP contribution in [-0.2, 0) is 0 Å². The molecule has 2 saturated carbocycles. The van der Waals surface area contributed by atoms with Gasteiger partial charge in [-0.1, -0.05) is 26.0 Å². The molecule has 0 aromatic heterocycles. The molecule has 5 unspecified atom stereocenters. The Bertz CT molecular complexity index is 400. The Morgan fingerprint density at radius 2 is 1.94 bits per heavy atom. The van der Waals surface area contributed by atoms with Crippen LogP contribution in [0, 0.1) is 35.5 Å². The predicted molar refractivity (Wildman–Crippen MR) is 71.5 cm³/mol. The van der Waals surface area contributed by atoms with Gasteiger partial charge in [0.1, 0.15) is 0 Å². The zero-order chi connectivity index (χ0) is 11.6. The van der Waals surface area contributed by atoms with Gasteiger partial charge in [0.25, 0.3) is 0 Å². The molecule has 0 amide bonds. The summed E-state index contributed by atoms with van der Waals surface area (Å²) in [6.07, 6.45) is 12.4. The van der Waals surface area contributed by atoms with E-state index in [9.17, 15) is 0 Å². The summed E-state index contributed by atoms with van der Waals surface area (Å²) in [6, 6.07) is 0. The molecule has 17 heavy (non-hydrogen) atoms. The number of allylic oxidation sites excluding steroid dienone is 4. The van der Waals surface area contributed by atoms with Gasteiger partial charge in [0, 0.05) is 0 Å². The molecule has 0 saturated heterocycles. The Morgan fingerprint density at radius 3 is 2.82 bits per heavy atom. The lowest BCUT2D eigenvalue weighted by Gasteiger charge is -2.31. The molecule has 6 atom stereocenters. The van der Waals surface area contributed by atoms with Crippen LogP contribution >= 0.6 is 0 Å². The summed E-state index contributed by atoms with van der Waals surface area (Å²) in [4.78, 5) is 0. The van der Waals surface area contributed by atoms with E-state index < -0.39 is 0 Å². The van der Waals surface area contributed by atoms with E-state index in [4.69, 9.17) is 0 Å². The van der Waals surface area contributed by atoms with E-state index in [0.717, 1.165) is 35.5 Å². The summed E-state index contributed by atoms with van der Waals surface area (Å²) in [7, 11) is 0. The first-order valence-electron chi connectivity index (χ1n) is 7.67. The van der Waals surface area contributed by atoms with Crippen molar-refractivity contribution in [3.8, 4) is 0 Å². The molecule has 4 rings (SSSR count). The highest BCUT2D eigenvalue weighted by atomic mass is 14.6. The molecule has 4 aliphatic rings.